The summed E-state index contributed by atoms with van der Waals surface area (Å²) in [6.07, 6.45) is 7.12. The molecule has 1 fully saturated rings. The second-order valence-electron chi connectivity index (χ2n) is 6.16. The number of hydrogen-bond donors (Lipinski definition) is 1. The second-order valence-corrected chi connectivity index (χ2v) is 7.45. The van der Waals surface area contributed by atoms with Gasteiger partial charge in [-0.05, 0) is 46.6 Å². The maximum Gasteiger partial charge on any atom is 0.0947 e. The molecule has 3 nitrogen and oxygen atoms in total. The summed E-state index contributed by atoms with van der Waals surface area (Å²) in [5.74, 6) is 0. The molecule has 0 aromatic carbocycles. The summed E-state index contributed by atoms with van der Waals surface area (Å²) in [4.78, 5) is 6.09. The van der Waals surface area contributed by atoms with Gasteiger partial charge in [0.1, 0.15) is 0 Å². The number of ether oxygens (including phenoxy) is 1. The summed E-state index contributed by atoms with van der Waals surface area (Å²) in [5, 5.41) is 5.01. The van der Waals surface area contributed by atoms with Gasteiger partial charge < -0.3 is 10.1 Å². The first-order chi connectivity index (χ1) is 10.1. The maximum atomic E-state index is 6.27. The van der Waals surface area contributed by atoms with Gasteiger partial charge in [-0.25, -0.2) is 4.98 Å². The molecular weight excluding hydrogens is 280 g/mol. The summed E-state index contributed by atoms with van der Waals surface area (Å²) < 4.78 is 6.27. The van der Waals surface area contributed by atoms with Gasteiger partial charge in [0.05, 0.1) is 16.3 Å². The Balaban J connectivity index is 2.15. The number of nitrogens with zero attached hydrogens (tertiary/aromatic N) is 1. The zero-order valence-corrected chi connectivity index (χ0v) is 14.8. The molecule has 4 heteroatoms. The highest BCUT2D eigenvalue weighted by molar-refractivity contribution is 7.11. The molecule has 0 spiro atoms. The molecule has 21 heavy (non-hydrogen) atoms. The van der Waals surface area contributed by atoms with E-state index in [1.54, 1.807) is 0 Å². The molecule has 1 atom stereocenters. The van der Waals surface area contributed by atoms with E-state index in [0.717, 1.165) is 26.0 Å². The number of nitrogens with one attached hydrogen (secondary N) is 1. The van der Waals surface area contributed by atoms with Crippen LogP contribution >= 0.6 is 11.3 Å². The van der Waals surface area contributed by atoms with Crippen molar-refractivity contribution >= 4 is 11.3 Å². The van der Waals surface area contributed by atoms with Crippen LogP contribution in [0.15, 0.2) is 0 Å². The minimum Gasteiger partial charge on any atom is -0.374 e. The van der Waals surface area contributed by atoms with E-state index in [-0.39, 0.29) is 5.60 Å². The van der Waals surface area contributed by atoms with Crippen molar-refractivity contribution in [1.82, 2.24) is 10.3 Å². The van der Waals surface area contributed by atoms with Crippen LogP contribution in [0.3, 0.4) is 0 Å². The SMILES string of the molecule is CCCNC(Cc1nc(C)c(C)s1)C1(OCC)CCCC1. The van der Waals surface area contributed by atoms with Crippen molar-refractivity contribution in [3.05, 3.63) is 15.6 Å². The minimum atomic E-state index is 0.0252. The van der Waals surface area contributed by atoms with Gasteiger partial charge in [0.25, 0.3) is 0 Å². The lowest BCUT2D eigenvalue weighted by Crippen LogP contribution is -2.52. The molecule has 0 radical (unpaired) electrons. The van der Waals surface area contributed by atoms with Crippen molar-refractivity contribution < 1.29 is 4.74 Å². The van der Waals surface area contributed by atoms with Crippen LogP contribution < -0.4 is 5.32 Å². The lowest BCUT2D eigenvalue weighted by molar-refractivity contribution is -0.0612. The Hall–Kier alpha value is -0.450. The minimum absolute atomic E-state index is 0.0252. The van der Waals surface area contributed by atoms with Gasteiger partial charge in [0, 0.05) is 23.9 Å². The Bertz CT molecular complexity index is 418. The highest BCUT2D eigenvalue weighted by Crippen LogP contribution is 2.38. The molecule has 1 heterocycles. The molecule has 1 aliphatic carbocycles. The number of hydrogen-bond acceptors (Lipinski definition) is 4. The molecule has 0 saturated heterocycles. The highest BCUT2D eigenvalue weighted by Gasteiger charge is 2.42. The quantitative estimate of drug-likeness (QED) is 0.787. The van der Waals surface area contributed by atoms with Crippen LogP contribution in [-0.2, 0) is 11.2 Å². The molecule has 1 aliphatic rings. The lowest BCUT2D eigenvalue weighted by atomic mass is 9.89. The maximum absolute atomic E-state index is 6.27. The molecular formula is C17H30N2OS. The van der Waals surface area contributed by atoms with Crippen LogP contribution in [0.5, 0.6) is 0 Å². The Morgan fingerprint density at radius 2 is 2.00 bits per heavy atom. The number of aryl methyl sites for hydroxylation is 2. The summed E-state index contributed by atoms with van der Waals surface area (Å²) in [6, 6.07) is 0.393. The first-order valence-corrected chi connectivity index (χ1v) is 9.23. The zero-order valence-electron chi connectivity index (χ0n) is 14.0. The molecule has 0 amide bonds. The smallest absolute Gasteiger partial charge is 0.0947 e. The van der Waals surface area contributed by atoms with Crippen molar-refractivity contribution in [2.45, 2.75) is 77.9 Å². The first kappa shape index (κ1) is 16.9. The summed E-state index contributed by atoms with van der Waals surface area (Å²) in [6.45, 7) is 10.5. The van der Waals surface area contributed by atoms with Crippen LogP contribution in [0, 0.1) is 13.8 Å². The molecule has 120 valence electrons. The standard InChI is InChI=1S/C17H30N2OS/c1-5-11-18-15(12-16-19-13(3)14(4)21-16)17(20-6-2)9-7-8-10-17/h15,18H,5-12H2,1-4H3. The predicted molar refractivity (Wildman–Crippen MR) is 90.2 cm³/mol. The monoisotopic (exact) mass is 310 g/mol. The van der Waals surface area contributed by atoms with Crippen LogP contribution in [0.1, 0.15) is 61.5 Å². The van der Waals surface area contributed by atoms with E-state index in [4.69, 9.17) is 9.72 Å². The fourth-order valence-electron chi connectivity index (χ4n) is 3.42. The topological polar surface area (TPSA) is 34.2 Å². The third kappa shape index (κ3) is 4.05. The van der Waals surface area contributed by atoms with E-state index >= 15 is 0 Å². The summed E-state index contributed by atoms with van der Waals surface area (Å²) in [5.41, 5.74) is 1.21. The van der Waals surface area contributed by atoms with Crippen LogP contribution in [0.25, 0.3) is 0 Å². The number of aromatic nitrogens is 1. The fraction of sp³-hybridized carbons (Fsp3) is 0.824. The van der Waals surface area contributed by atoms with E-state index in [2.05, 4.69) is 33.0 Å². The van der Waals surface area contributed by atoms with Crippen molar-refractivity contribution in [3.8, 4) is 0 Å². The summed E-state index contributed by atoms with van der Waals surface area (Å²) in [7, 11) is 0. The fourth-order valence-corrected chi connectivity index (χ4v) is 4.40. The normalized spacial score (nSPS) is 19.0. The Labute approximate surface area is 133 Å². The van der Waals surface area contributed by atoms with Crippen molar-refractivity contribution in [1.29, 1.82) is 0 Å². The third-order valence-corrected chi connectivity index (χ3v) is 5.70. The lowest BCUT2D eigenvalue weighted by Gasteiger charge is -2.38. The van der Waals surface area contributed by atoms with E-state index < -0.39 is 0 Å². The van der Waals surface area contributed by atoms with E-state index in [1.807, 2.05) is 11.3 Å². The van der Waals surface area contributed by atoms with Crippen molar-refractivity contribution in [2.75, 3.05) is 13.2 Å². The van der Waals surface area contributed by atoms with Gasteiger partial charge in [-0.3, -0.25) is 0 Å². The van der Waals surface area contributed by atoms with Gasteiger partial charge in [0.15, 0.2) is 0 Å². The van der Waals surface area contributed by atoms with Gasteiger partial charge >= 0.3 is 0 Å². The molecule has 1 aromatic heterocycles. The van der Waals surface area contributed by atoms with Crippen molar-refractivity contribution in [2.24, 2.45) is 0 Å². The number of thiazole rings is 1. The highest BCUT2D eigenvalue weighted by atomic mass is 32.1. The molecule has 1 unspecified atom stereocenters. The largest absolute Gasteiger partial charge is 0.374 e. The average Bonchev–Trinajstić information content (AvgIpc) is 3.04. The van der Waals surface area contributed by atoms with Crippen molar-refractivity contribution in [3.63, 3.8) is 0 Å². The average molecular weight is 311 g/mol. The van der Waals surface area contributed by atoms with Gasteiger partial charge in [-0.1, -0.05) is 19.8 Å². The van der Waals surface area contributed by atoms with Gasteiger partial charge in [-0.15, -0.1) is 11.3 Å². The van der Waals surface area contributed by atoms with E-state index in [9.17, 15) is 0 Å². The number of rotatable bonds is 8. The zero-order chi connectivity index (χ0) is 15.3. The molecule has 0 bridgehead atoms. The molecule has 0 aliphatic heterocycles. The van der Waals surface area contributed by atoms with E-state index in [0.29, 0.717) is 6.04 Å². The molecule has 1 saturated carbocycles. The van der Waals surface area contributed by atoms with Crippen LogP contribution in [0.2, 0.25) is 0 Å². The van der Waals surface area contributed by atoms with E-state index in [1.165, 1.54) is 41.3 Å². The predicted octanol–water partition coefficient (Wildman–Crippen LogP) is 4.02. The Morgan fingerprint density at radius 3 is 2.52 bits per heavy atom. The van der Waals surface area contributed by atoms with Gasteiger partial charge in [-0.2, -0.15) is 0 Å². The Kier molecular flexibility index (Phi) is 6.20. The van der Waals surface area contributed by atoms with Crippen LogP contribution in [0.4, 0.5) is 0 Å². The molecule has 2 rings (SSSR count). The molecule has 1 N–H and O–H groups in total. The third-order valence-electron chi connectivity index (χ3n) is 4.61. The second kappa shape index (κ2) is 7.70. The molecule has 1 aromatic rings. The Morgan fingerprint density at radius 1 is 1.29 bits per heavy atom. The van der Waals surface area contributed by atoms with Crippen LogP contribution in [-0.4, -0.2) is 29.8 Å². The summed E-state index contributed by atoms with van der Waals surface area (Å²) >= 11 is 1.85. The van der Waals surface area contributed by atoms with Gasteiger partial charge in [0.2, 0.25) is 0 Å². The first-order valence-electron chi connectivity index (χ1n) is 8.41.